The molecule has 0 heterocycles. The maximum Gasteiger partial charge on any atom is 0.315 e. The van der Waals surface area contributed by atoms with Crippen LogP contribution in [0.15, 0.2) is 24.3 Å². The van der Waals surface area contributed by atoms with Crippen molar-refractivity contribution in [2.75, 3.05) is 18.6 Å². The van der Waals surface area contributed by atoms with E-state index in [-0.39, 0.29) is 18.6 Å². The highest BCUT2D eigenvalue weighted by Gasteiger charge is 2.13. The number of rotatable bonds is 6. The smallest absolute Gasteiger partial charge is 0.315 e. The fourth-order valence-electron chi connectivity index (χ4n) is 1.61. The molecule has 1 rings (SSSR count). The molecule has 0 bridgehead atoms. The lowest BCUT2D eigenvalue weighted by Gasteiger charge is -2.16. The predicted molar refractivity (Wildman–Crippen MR) is 80.8 cm³/mol. The normalized spacial score (nSPS) is 13.7. The molecule has 0 aliphatic heterocycles. The summed E-state index contributed by atoms with van der Waals surface area (Å²) in [6.45, 7) is 2.06. The standard InChI is InChI=1S/C13H19ClN2O2S/c1-9(8-19-2)16-13(18)15-7-12(17)10-5-3-4-6-11(10)14/h3-6,9,12,17H,7-8H2,1-2H3,(H2,15,16,18). The van der Waals surface area contributed by atoms with E-state index < -0.39 is 6.10 Å². The number of urea groups is 1. The van der Waals surface area contributed by atoms with Crippen LogP contribution < -0.4 is 10.6 Å². The summed E-state index contributed by atoms with van der Waals surface area (Å²) in [5.41, 5.74) is 0.613. The van der Waals surface area contributed by atoms with Crippen LogP contribution in [0, 0.1) is 0 Å². The van der Waals surface area contributed by atoms with Gasteiger partial charge in [0.25, 0.3) is 0 Å². The summed E-state index contributed by atoms with van der Waals surface area (Å²) in [4.78, 5) is 11.6. The number of nitrogens with one attached hydrogen (secondary N) is 2. The van der Waals surface area contributed by atoms with Gasteiger partial charge in [0.1, 0.15) is 0 Å². The summed E-state index contributed by atoms with van der Waals surface area (Å²) in [5, 5.41) is 15.9. The molecule has 0 aromatic heterocycles. The third-order valence-electron chi connectivity index (χ3n) is 2.51. The van der Waals surface area contributed by atoms with E-state index in [4.69, 9.17) is 11.6 Å². The van der Waals surface area contributed by atoms with Gasteiger partial charge in [-0.1, -0.05) is 29.8 Å². The number of benzene rings is 1. The summed E-state index contributed by atoms with van der Waals surface area (Å²) < 4.78 is 0. The molecule has 4 nitrogen and oxygen atoms in total. The van der Waals surface area contributed by atoms with E-state index in [0.29, 0.717) is 10.6 Å². The van der Waals surface area contributed by atoms with Crippen molar-refractivity contribution in [3.8, 4) is 0 Å². The number of thioether (sulfide) groups is 1. The van der Waals surface area contributed by atoms with Crippen LogP contribution in [0.5, 0.6) is 0 Å². The molecule has 0 saturated heterocycles. The topological polar surface area (TPSA) is 61.4 Å². The van der Waals surface area contributed by atoms with Gasteiger partial charge in [0, 0.05) is 28.9 Å². The first-order valence-corrected chi connectivity index (χ1v) is 7.77. The van der Waals surface area contributed by atoms with Gasteiger partial charge in [0.05, 0.1) is 6.10 Å². The molecule has 0 spiro atoms. The van der Waals surface area contributed by atoms with Crippen LogP contribution in [0.1, 0.15) is 18.6 Å². The number of carbonyl (C=O) groups excluding carboxylic acids is 1. The van der Waals surface area contributed by atoms with Crippen molar-refractivity contribution in [1.82, 2.24) is 10.6 Å². The lowest BCUT2D eigenvalue weighted by Crippen LogP contribution is -2.43. The van der Waals surface area contributed by atoms with E-state index >= 15 is 0 Å². The van der Waals surface area contributed by atoms with Gasteiger partial charge in [0.2, 0.25) is 0 Å². The van der Waals surface area contributed by atoms with Crippen molar-refractivity contribution in [3.05, 3.63) is 34.9 Å². The Morgan fingerprint density at radius 3 is 2.79 bits per heavy atom. The van der Waals surface area contributed by atoms with Crippen LogP contribution in [0.2, 0.25) is 5.02 Å². The van der Waals surface area contributed by atoms with E-state index in [0.717, 1.165) is 5.75 Å². The van der Waals surface area contributed by atoms with Gasteiger partial charge < -0.3 is 15.7 Å². The van der Waals surface area contributed by atoms with Gasteiger partial charge in [0.15, 0.2) is 0 Å². The van der Waals surface area contributed by atoms with Crippen molar-refractivity contribution in [2.24, 2.45) is 0 Å². The Kier molecular flexibility index (Phi) is 7.05. The monoisotopic (exact) mass is 302 g/mol. The van der Waals surface area contributed by atoms with Gasteiger partial charge in [-0.25, -0.2) is 4.79 Å². The van der Waals surface area contributed by atoms with E-state index in [1.165, 1.54) is 0 Å². The summed E-state index contributed by atoms with van der Waals surface area (Å²) in [6.07, 6.45) is 1.17. The fraction of sp³-hybridized carbons (Fsp3) is 0.462. The number of hydrogen-bond donors (Lipinski definition) is 3. The maximum atomic E-state index is 11.6. The van der Waals surface area contributed by atoms with Crippen LogP contribution in [-0.2, 0) is 0 Å². The fourth-order valence-corrected chi connectivity index (χ4v) is 2.46. The highest BCUT2D eigenvalue weighted by molar-refractivity contribution is 7.98. The zero-order valence-corrected chi connectivity index (χ0v) is 12.6. The minimum Gasteiger partial charge on any atom is -0.387 e. The third kappa shape index (κ3) is 5.72. The highest BCUT2D eigenvalue weighted by Crippen LogP contribution is 2.21. The summed E-state index contributed by atoms with van der Waals surface area (Å²) >= 11 is 7.63. The molecular formula is C13H19ClN2O2S. The lowest BCUT2D eigenvalue weighted by atomic mass is 10.1. The van der Waals surface area contributed by atoms with Crippen LogP contribution in [0.3, 0.4) is 0 Å². The summed E-state index contributed by atoms with van der Waals surface area (Å²) in [7, 11) is 0. The van der Waals surface area contributed by atoms with Crippen LogP contribution in [-0.4, -0.2) is 35.7 Å². The Labute approximate surface area is 122 Å². The van der Waals surface area contributed by atoms with Gasteiger partial charge in [-0.3, -0.25) is 0 Å². The van der Waals surface area contributed by atoms with Crippen molar-refractivity contribution in [2.45, 2.75) is 19.1 Å². The molecule has 0 radical (unpaired) electrons. The molecule has 19 heavy (non-hydrogen) atoms. The SMILES string of the molecule is CSCC(C)NC(=O)NCC(O)c1ccccc1Cl. The zero-order valence-electron chi connectivity index (χ0n) is 11.0. The summed E-state index contributed by atoms with van der Waals surface area (Å²) in [5.74, 6) is 0.848. The number of carbonyl (C=O) groups is 1. The second-order valence-corrected chi connectivity index (χ2v) is 5.57. The quantitative estimate of drug-likeness (QED) is 0.756. The first-order valence-electron chi connectivity index (χ1n) is 6.00. The maximum absolute atomic E-state index is 11.6. The molecule has 0 aliphatic carbocycles. The summed E-state index contributed by atoms with van der Waals surface area (Å²) in [6, 6.07) is 6.84. The predicted octanol–water partition coefficient (Wildman–Crippen LogP) is 2.42. The molecule has 106 valence electrons. The molecule has 2 atom stereocenters. The van der Waals surface area contributed by atoms with E-state index in [9.17, 15) is 9.90 Å². The van der Waals surface area contributed by atoms with Crippen LogP contribution >= 0.6 is 23.4 Å². The molecule has 6 heteroatoms. The van der Waals surface area contributed by atoms with Crippen molar-refractivity contribution >= 4 is 29.4 Å². The minimum absolute atomic E-state index is 0.0902. The molecule has 2 unspecified atom stereocenters. The Bertz CT molecular complexity index is 417. The zero-order chi connectivity index (χ0) is 14.3. The Balaban J connectivity index is 2.40. The van der Waals surface area contributed by atoms with Crippen LogP contribution in [0.25, 0.3) is 0 Å². The van der Waals surface area contributed by atoms with Gasteiger partial charge in [-0.05, 0) is 19.2 Å². The van der Waals surface area contributed by atoms with Gasteiger partial charge in [-0.2, -0.15) is 11.8 Å². The lowest BCUT2D eigenvalue weighted by molar-refractivity contribution is 0.173. The van der Waals surface area contributed by atoms with E-state index in [1.54, 1.807) is 36.0 Å². The number of aliphatic hydroxyl groups excluding tert-OH is 1. The van der Waals surface area contributed by atoms with E-state index in [1.807, 2.05) is 13.2 Å². The first-order chi connectivity index (χ1) is 9.04. The highest BCUT2D eigenvalue weighted by atomic mass is 35.5. The first kappa shape index (κ1) is 16.1. The van der Waals surface area contributed by atoms with Crippen molar-refractivity contribution in [1.29, 1.82) is 0 Å². The van der Waals surface area contributed by atoms with Gasteiger partial charge in [-0.15, -0.1) is 0 Å². The van der Waals surface area contributed by atoms with E-state index in [2.05, 4.69) is 10.6 Å². The molecule has 0 saturated carbocycles. The molecule has 2 amide bonds. The number of halogens is 1. The molecule has 3 N–H and O–H groups in total. The largest absolute Gasteiger partial charge is 0.387 e. The van der Waals surface area contributed by atoms with Crippen molar-refractivity contribution in [3.63, 3.8) is 0 Å². The van der Waals surface area contributed by atoms with Gasteiger partial charge >= 0.3 is 6.03 Å². The Hall–Kier alpha value is -0.910. The molecule has 1 aromatic rings. The number of aliphatic hydroxyl groups is 1. The average Bonchev–Trinajstić information content (AvgIpc) is 2.36. The second kappa shape index (κ2) is 8.30. The van der Waals surface area contributed by atoms with Crippen LogP contribution in [0.4, 0.5) is 4.79 Å². The third-order valence-corrected chi connectivity index (χ3v) is 3.69. The molecular weight excluding hydrogens is 284 g/mol. The van der Waals surface area contributed by atoms with Crippen molar-refractivity contribution < 1.29 is 9.90 Å². The molecule has 0 fully saturated rings. The Morgan fingerprint density at radius 2 is 2.16 bits per heavy atom. The Morgan fingerprint density at radius 1 is 1.47 bits per heavy atom. The minimum atomic E-state index is -0.810. The number of amides is 2. The average molecular weight is 303 g/mol. The molecule has 0 aliphatic rings. The second-order valence-electron chi connectivity index (χ2n) is 4.25. The number of hydrogen-bond acceptors (Lipinski definition) is 3. The molecule has 1 aromatic carbocycles.